The Bertz CT molecular complexity index is 1620. The fourth-order valence-electron chi connectivity index (χ4n) is 13.3. The number of hydrogen-bond donors (Lipinski definition) is 3. The number of allylic oxidation sites excluding steroid dienone is 9. The number of nitrogens with one attached hydrogen (secondary N) is 1. The maximum Gasteiger partial charge on any atom is 0.305 e. The summed E-state index contributed by atoms with van der Waals surface area (Å²) in [5.41, 5.74) is 0. The molecule has 0 aromatic heterocycles. The molecule has 1 amide bonds. The lowest BCUT2D eigenvalue weighted by Crippen LogP contribution is -2.45. The van der Waals surface area contributed by atoms with Crippen molar-refractivity contribution in [2.24, 2.45) is 0 Å². The molecule has 0 saturated heterocycles. The lowest BCUT2D eigenvalue weighted by Gasteiger charge is -2.20. The van der Waals surface area contributed by atoms with E-state index in [-0.39, 0.29) is 18.5 Å². The predicted molar refractivity (Wildman–Crippen MR) is 416 cm³/mol. The molecule has 0 bridgehead atoms. The maximum absolute atomic E-state index is 12.6. The van der Waals surface area contributed by atoms with Crippen molar-refractivity contribution in [1.29, 1.82) is 0 Å². The van der Waals surface area contributed by atoms with Crippen molar-refractivity contribution in [3.05, 3.63) is 60.8 Å². The molecule has 0 aliphatic rings. The molecule has 0 spiro atoms. The average Bonchev–Trinajstić information content (AvgIpc) is 3.65. The normalized spacial score (nSPS) is 12.8. The van der Waals surface area contributed by atoms with Crippen LogP contribution >= 0.6 is 0 Å². The van der Waals surface area contributed by atoms with Crippen LogP contribution in [-0.2, 0) is 14.3 Å². The second-order valence-corrected chi connectivity index (χ2v) is 29.2. The molecule has 0 aliphatic carbocycles. The van der Waals surface area contributed by atoms with Crippen molar-refractivity contribution in [3.8, 4) is 0 Å². The first-order chi connectivity index (χ1) is 46.5. The number of esters is 1. The minimum Gasteiger partial charge on any atom is -0.466 e. The number of ether oxygens (including phenoxy) is 1. The highest BCUT2D eigenvalue weighted by Crippen LogP contribution is 2.20. The van der Waals surface area contributed by atoms with Gasteiger partial charge in [0.25, 0.3) is 0 Å². The van der Waals surface area contributed by atoms with Crippen LogP contribution in [0, 0.1) is 0 Å². The SMILES string of the molecule is CCCCCC/C=C\C/C=C\CCCCCCCCCC(=O)OCCCCCCCCCCCCCCC/C=C\C/C=C\CCCCCCCCCCCCCCCCCCCC(=O)NC(CO)C(O)/C=C/CCCCCCCCCCCCCCCCCCCCCC. The van der Waals surface area contributed by atoms with Gasteiger partial charge >= 0.3 is 5.97 Å². The van der Waals surface area contributed by atoms with Gasteiger partial charge in [0.1, 0.15) is 0 Å². The van der Waals surface area contributed by atoms with Gasteiger partial charge in [0.2, 0.25) is 5.91 Å². The van der Waals surface area contributed by atoms with Gasteiger partial charge in [0.15, 0.2) is 0 Å². The van der Waals surface area contributed by atoms with Crippen LogP contribution in [-0.4, -0.2) is 47.4 Å². The largest absolute Gasteiger partial charge is 0.466 e. The molecular formula is C88H165NO5. The van der Waals surface area contributed by atoms with E-state index in [1.54, 1.807) is 6.08 Å². The molecule has 0 aliphatic heterocycles. The third-order valence-corrected chi connectivity index (χ3v) is 19.8. The number of hydrogen-bond acceptors (Lipinski definition) is 5. The van der Waals surface area contributed by atoms with E-state index < -0.39 is 12.1 Å². The zero-order chi connectivity index (χ0) is 67.7. The maximum atomic E-state index is 12.6. The number of aliphatic hydroxyl groups is 2. The van der Waals surface area contributed by atoms with Crippen LogP contribution in [0.5, 0.6) is 0 Å². The Kier molecular flexibility index (Phi) is 80.8. The average molecular weight is 1320 g/mol. The second kappa shape index (κ2) is 83.0. The fraction of sp³-hybridized carbons (Fsp3) is 0.864. The number of carbonyl (C=O) groups is 2. The Labute approximate surface area is 588 Å². The van der Waals surface area contributed by atoms with Crippen LogP contribution in [0.1, 0.15) is 463 Å². The minimum atomic E-state index is -0.845. The van der Waals surface area contributed by atoms with Gasteiger partial charge in [-0.3, -0.25) is 9.59 Å². The smallest absolute Gasteiger partial charge is 0.305 e. The number of aliphatic hydroxyl groups excluding tert-OH is 2. The molecule has 6 nitrogen and oxygen atoms in total. The Morgan fingerprint density at radius 2 is 0.532 bits per heavy atom. The van der Waals surface area contributed by atoms with E-state index in [1.807, 2.05) is 6.08 Å². The van der Waals surface area contributed by atoms with E-state index in [9.17, 15) is 19.8 Å². The summed E-state index contributed by atoms with van der Waals surface area (Å²) in [6, 6.07) is -0.628. The first-order valence-electron chi connectivity index (χ1n) is 42.6. The number of rotatable bonds is 80. The van der Waals surface area contributed by atoms with E-state index in [0.29, 0.717) is 19.4 Å². The molecule has 2 atom stereocenters. The molecular weight excluding hydrogens is 1150 g/mol. The van der Waals surface area contributed by atoms with Crippen molar-refractivity contribution in [1.82, 2.24) is 5.32 Å². The Morgan fingerprint density at radius 1 is 0.298 bits per heavy atom. The topological polar surface area (TPSA) is 95.9 Å². The molecule has 2 unspecified atom stereocenters. The third kappa shape index (κ3) is 78.6. The van der Waals surface area contributed by atoms with Crippen LogP contribution in [0.15, 0.2) is 60.8 Å². The summed E-state index contributed by atoms with van der Waals surface area (Å²) >= 11 is 0. The highest BCUT2D eigenvalue weighted by molar-refractivity contribution is 5.76. The lowest BCUT2D eigenvalue weighted by atomic mass is 10.0. The van der Waals surface area contributed by atoms with E-state index in [1.165, 1.54) is 379 Å². The highest BCUT2D eigenvalue weighted by atomic mass is 16.5. The summed E-state index contributed by atoms with van der Waals surface area (Å²) < 4.78 is 5.51. The van der Waals surface area contributed by atoms with Crippen LogP contribution < -0.4 is 5.32 Å². The number of unbranched alkanes of at least 4 members (excludes halogenated alkanes) is 61. The summed E-state index contributed by atoms with van der Waals surface area (Å²) in [4.78, 5) is 24.7. The monoisotopic (exact) mass is 1320 g/mol. The lowest BCUT2D eigenvalue weighted by molar-refractivity contribution is -0.143. The van der Waals surface area contributed by atoms with E-state index in [2.05, 4.69) is 67.8 Å². The molecule has 0 saturated carbocycles. The number of amides is 1. The Balaban J connectivity index is 3.38. The molecule has 0 heterocycles. The summed E-state index contributed by atoms with van der Waals surface area (Å²) in [6.45, 7) is 4.93. The van der Waals surface area contributed by atoms with Crippen molar-refractivity contribution in [2.75, 3.05) is 13.2 Å². The fourth-order valence-corrected chi connectivity index (χ4v) is 13.3. The molecule has 3 N–H and O–H groups in total. The molecule has 6 heteroatoms. The Hall–Kier alpha value is -2.44. The molecule has 0 fully saturated rings. The van der Waals surface area contributed by atoms with Crippen LogP contribution in [0.25, 0.3) is 0 Å². The van der Waals surface area contributed by atoms with Gasteiger partial charge in [0.05, 0.1) is 25.4 Å². The zero-order valence-electron chi connectivity index (χ0n) is 63.5. The van der Waals surface area contributed by atoms with Gasteiger partial charge in [-0.25, -0.2) is 0 Å². The minimum absolute atomic E-state index is 0.0116. The summed E-state index contributed by atoms with van der Waals surface area (Å²) in [7, 11) is 0. The van der Waals surface area contributed by atoms with Crippen LogP contribution in [0.4, 0.5) is 0 Å². The number of carbonyl (C=O) groups excluding carboxylic acids is 2. The zero-order valence-corrected chi connectivity index (χ0v) is 63.5. The summed E-state index contributed by atoms with van der Waals surface area (Å²) in [5.74, 6) is -0.0492. The van der Waals surface area contributed by atoms with Gasteiger partial charge in [-0.2, -0.15) is 0 Å². The van der Waals surface area contributed by atoms with Gasteiger partial charge < -0.3 is 20.3 Å². The van der Waals surface area contributed by atoms with Gasteiger partial charge in [0, 0.05) is 12.8 Å². The second-order valence-electron chi connectivity index (χ2n) is 29.2. The van der Waals surface area contributed by atoms with Crippen molar-refractivity contribution >= 4 is 11.9 Å². The summed E-state index contributed by atoms with van der Waals surface area (Å²) in [6.07, 6.45) is 112. The van der Waals surface area contributed by atoms with Crippen molar-refractivity contribution < 1.29 is 24.5 Å². The molecule has 552 valence electrons. The van der Waals surface area contributed by atoms with Gasteiger partial charge in [-0.15, -0.1) is 0 Å². The van der Waals surface area contributed by atoms with Gasteiger partial charge in [-0.1, -0.05) is 415 Å². The first-order valence-corrected chi connectivity index (χ1v) is 42.6. The molecule has 0 radical (unpaired) electrons. The van der Waals surface area contributed by atoms with Crippen molar-refractivity contribution in [2.45, 2.75) is 475 Å². The van der Waals surface area contributed by atoms with Crippen LogP contribution in [0.3, 0.4) is 0 Å². The quantitative estimate of drug-likeness (QED) is 0.0320. The Morgan fingerprint density at radius 3 is 0.819 bits per heavy atom. The molecule has 0 aromatic rings. The standard InChI is InChI=1S/C88H165NO5/c1-3-5-7-9-11-13-15-17-19-21-23-24-42-45-48-52-56-60-64-68-72-76-80-86(91)85(84-90)89-87(92)81-77-73-69-65-61-57-53-49-46-43-40-38-36-34-32-30-28-26-25-27-29-31-33-35-37-39-41-44-47-51-55-59-63-67-71-75-79-83-94-88(93)82-78-74-70-66-62-58-54-50-22-20-18-16-14-12-10-8-6-4-2/h14,16,20,22,25,27,31,33,76,80,85-86,90-91H,3-13,15,17-19,21,23-24,26,28-30,32,34-75,77-79,81-84H2,1-2H3,(H,89,92)/b16-14-,22-20-,27-25-,33-31-,80-76+. The first kappa shape index (κ1) is 91.6. The summed E-state index contributed by atoms with van der Waals surface area (Å²) in [5, 5.41) is 23.3. The molecule has 0 aromatic carbocycles. The van der Waals surface area contributed by atoms with E-state index in [4.69, 9.17) is 4.74 Å². The molecule has 0 rings (SSSR count). The third-order valence-electron chi connectivity index (χ3n) is 19.8. The predicted octanol–water partition coefficient (Wildman–Crippen LogP) is 28.5. The van der Waals surface area contributed by atoms with Crippen LogP contribution in [0.2, 0.25) is 0 Å². The van der Waals surface area contributed by atoms with E-state index in [0.717, 1.165) is 57.8 Å². The van der Waals surface area contributed by atoms with Crippen molar-refractivity contribution in [3.63, 3.8) is 0 Å². The van der Waals surface area contributed by atoms with Gasteiger partial charge in [-0.05, 0) is 96.3 Å². The highest BCUT2D eigenvalue weighted by Gasteiger charge is 2.18. The molecule has 94 heavy (non-hydrogen) atoms. The van der Waals surface area contributed by atoms with E-state index >= 15 is 0 Å².